The van der Waals surface area contributed by atoms with Gasteiger partial charge in [-0.3, -0.25) is 0 Å². The van der Waals surface area contributed by atoms with Gasteiger partial charge in [0.05, 0.1) is 9.88 Å². The van der Waals surface area contributed by atoms with Crippen LogP contribution < -0.4 is 5.73 Å². The topological polar surface area (TPSA) is 64.9 Å². The summed E-state index contributed by atoms with van der Waals surface area (Å²) in [6.45, 7) is 1.96. The molecular formula is C13H10ClN3OS. The minimum atomic E-state index is 0.481. The minimum absolute atomic E-state index is 0.481. The quantitative estimate of drug-likeness (QED) is 0.775. The summed E-state index contributed by atoms with van der Waals surface area (Å²) in [4.78, 5) is 5.29. The summed E-state index contributed by atoms with van der Waals surface area (Å²) < 4.78 is 5.29. The number of nitrogens with two attached hydrogens (primary N) is 1. The largest absolute Gasteiger partial charge is 0.391 e. The van der Waals surface area contributed by atoms with Crippen LogP contribution in [0.2, 0.25) is 5.02 Å². The van der Waals surface area contributed by atoms with Crippen LogP contribution in [-0.2, 0) is 0 Å². The fraction of sp³-hybridized carbons (Fsp3) is 0.0769. The van der Waals surface area contributed by atoms with Crippen LogP contribution >= 0.6 is 22.9 Å². The zero-order valence-electron chi connectivity index (χ0n) is 10.1. The van der Waals surface area contributed by atoms with Crippen LogP contribution in [0.25, 0.3) is 22.2 Å². The average molecular weight is 292 g/mol. The number of nitrogens with zero attached hydrogens (tertiary/aromatic N) is 2. The molecule has 4 nitrogen and oxygen atoms in total. The molecule has 2 N–H and O–H groups in total. The highest BCUT2D eigenvalue weighted by Crippen LogP contribution is 2.33. The minimum Gasteiger partial charge on any atom is -0.391 e. The molecule has 6 heteroatoms. The highest BCUT2D eigenvalue weighted by molar-refractivity contribution is 7.19. The number of aromatic nitrogens is 2. The number of benzene rings is 1. The number of halogens is 1. The lowest BCUT2D eigenvalue weighted by atomic mass is 10.2. The lowest BCUT2D eigenvalue weighted by molar-refractivity contribution is 0.433. The Balaban J connectivity index is 2.02. The molecule has 0 aliphatic heterocycles. The second-order valence-electron chi connectivity index (χ2n) is 4.09. The SMILES string of the molecule is Cc1cc(N)sc1-c1nc(-c2cccc(Cl)c2)no1. The molecule has 0 unspecified atom stereocenters. The molecule has 0 fully saturated rings. The molecule has 0 aliphatic rings. The second kappa shape index (κ2) is 4.68. The fourth-order valence-electron chi connectivity index (χ4n) is 1.78. The number of nitrogen functional groups attached to an aromatic ring is 1. The van der Waals surface area contributed by atoms with Gasteiger partial charge in [0.15, 0.2) is 0 Å². The van der Waals surface area contributed by atoms with Gasteiger partial charge in [0.1, 0.15) is 0 Å². The van der Waals surface area contributed by atoms with Gasteiger partial charge >= 0.3 is 0 Å². The molecule has 96 valence electrons. The Hall–Kier alpha value is -1.85. The first-order valence-corrected chi connectivity index (χ1v) is 6.79. The third kappa shape index (κ3) is 2.34. The molecular weight excluding hydrogens is 282 g/mol. The van der Waals surface area contributed by atoms with Crippen molar-refractivity contribution in [2.75, 3.05) is 5.73 Å². The Morgan fingerprint density at radius 2 is 2.16 bits per heavy atom. The van der Waals surface area contributed by atoms with E-state index in [1.165, 1.54) is 11.3 Å². The van der Waals surface area contributed by atoms with Crippen molar-refractivity contribution in [1.29, 1.82) is 0 Å². The van der Waals surface area contributed by atoms with Crippen LogP contribution in [0.15, 0.2) is 34.9 Å². The highest BCUT2D eigenvalue weighted by Gasteiger charge is 2.15. The predicted molar refractivity (Wildman–Crippen MR) is 77.2 cm³/mol. The van der Waals surface area contributed by atoms with Gasteiger partial charge in [0, 0.05) is 10.6 Å². The third-order valence-corrected chi connectivity index (χ3v) is 3.93. The van der Waals surface area contributed by atoms with E-state index in [-0.39, 0.29) is 0 Å². The number of hydrogen-bond acceptors (Lipinski definition) is 5. The highest BCUT2D eigenvalue weighted by atomic mass is 35.5. The summed E-state index contributed by atoms with van der Waals surface area (Å²) in [5.74, 6) is 0.998. The van der Waals surface area contributed by atoms with Gasteiger partial charge in [-0.25, -0.2) is 0 Å². The van der Waals surface area contributed by atoms with Crippen LogP contribution in [0, 0.1) is 6.92 Å². The molecule has 0 aliphatic carbocycles. The third-order valence-electron chi connectivity index (χ3n) is 2.64. The maximum Gasteiger partial charge on any atom is 0.268 e. The number of thiophene rings is 1. The van der Waals surface area contributed by atoms with Crippen molar-refractivity contribution in [3.8, 4) is 22.2 Å². The molecule has 0 amide bonds. The van der Waals surface area contributed by atoms with E-state index in [2.05, 4.69) is 10.1 Å². The number of aryl methyl sites for hydroxylation is 1. The molecule has 19 heavy (non-hydrogen) atoms. The Morgan fingerprint density at radius 3 is 2.84 bits per heavy atom. The van der Waals surface area contributed by atoms with Crippen molar-refractivity contribution in [3.05, 3.63) is 40.9 Å². The van der Waals surface area contributed by atoms with Crippen molar-refractivity contribution in [2.24, 2.45) is 0 Å². The van der Waals surface area contributed by atoms with Gasteiger partial charge < -0.3 is 10.3 Å². The van der Waals surface area contributed by atoms with Crippen molar-refractivity contribution in [2.45, 2.75) is 6.92 Å². The molecule has 0 spiro atoms. The molecule has 0 radical (unpaired) electrons. The monoisotopic (exact) mass is 291 g/mol. The van der Waals surface area contributed by atoms with Gasteiger partial charge in [0.2, 0.25) is 5.82 Å². The first-order valence-electron chi connectivity index (χ1n) is 5.59. The molecule has 3 rings (SSSR count). The van der Waals surface area contributed by atoms with E-state index in [0.717, 1.165) is 21.0 Å². The van der Waals surface area contributed by atoms with E-state index in [1.54, 1.807) is 12.1 Å². The molecule has 0 saturated heterocycles. The van der Waals surface area contributed by atoms with E-state index < -0.39 is 0 Å². The van der Waals surface area contributed by atoms with Crippen LogP contribution in [0.5, 0.6) is 0 Å². The van der Waals surface area contributed by atoms with Crippen molar-refractivity contribution >= 4 is 27.9 Å². The number of anilines is 1. The summed E-state index contributed by atoms with van der Waals surface area (Å²) in [5, 5.41) is 5.35. The average Bonchev–Trinajstić information content (AvgIpc) is 2.96. The summed E-state index contributed by atoms with van der Waals surface area (Å²) in [6, 6.07) is 9.23. The first-order chi connectivity index (χ1) is 9.13. The Kier molecular flexibility index (Phi) is 3.00. The van der Waals surface area contributed by atoms with Gasteiger partial charge in [0.25, 0.3) is 5.89 Å². The summed E-state index contributed by atoms with van der Waals surface area (Å²) in [6.07, 6.45) is 0. The second-order valence-corrected chi connectivity index (χ2v) is 5.61. The van der Waals surface area contributed by atoms with E-state index in [4.69, 9.17) is 21.9 Å². The smallest absolute Gasteiger partial charge is 0.268 e. The Bertz CT molecular complexity index is 735. The van der Waals surface area contributed by atoms with Gasteiger partial charge in [-0.15, -0.1) is 11.3 Å². The molecule has 2 aromatic heterocycles. The zero-order valence-corrected chi connectivity index (χ0v) is 11.6. The maximum atomic E-state index is 5.95. The van der Waals surface area contributed by atoms with Gasteiger partial charge in [-0.1, -0.05) is 28.9 Å². The predicted octanol–water partition coefficient (Wildman–Crippen LogP) is 4.01. The lowest BCUT2D eigenvalue weighted by Gasteiger charge is -1.93. The van der Waals surface area contributed by atoms with Crippen LogP contribution in [0.3, 0.4) is 0 Å². The van der Waals surface area contributed by atoms with E-state index in [1.807, 2.05) is 25.1 Å². The van der Waals surface area contributed by atoms with E-state index in [9.17, 15) is 0 Å². The Labute approximate surface area is 118 Å². The normalized spacial score (nSPS) is 10.8. The van der Waals surface area contributed by atoms with Crippen LogP contribution in [0.1, 0.15) is 5.56 Å². The van der Waals surface area contributed by atoms with Crippen LogP contribution in [-0.4, -0.2) is 10.1 Å². The Morgan fingerprint density at radius 1 is 1.32 bits per heavy atom. The van der Waals surface area contributed by atoms with E-state index in [0.29, 0.717) is 16.7 Å². The van der Waals surface area contributed by atoms with Crippen LogP contribution in [0.4, 0.5) is 5.00 Å². The molecule has 3 aromatic rings. The maximum absolute atomic E-state index is 5.95. The standard InChI is InChI=1S/C13H10ClN3OS/c1-7-5-10(15)19-11(7)13-16-12(17-18-13)8-3-2-4-9(14)6-8/h2-6H,15H2,1H3. The van der Waals surface area contributed by atoms with Crippen molar-refractivity contribution < 1.29 is 4.52 Å². The molecule has 0 bridgehead atoms. The van der Waals surface area contributed by atoms with Crippen molar-refractivity contribution in [3.63, 3.8) is 0 Å². The summed E-state index contributed by atoms with van der Waals surface area (Å²) >= 11 is 7.38. The number of rotatable bonds is 2. The molecule has 1 aromatic carbocycles. The summed E-state index contributed by atoms with van der Waals surface area (Å²) in [7, 11) is 0. The molecule has 0 saturated carbocycles. The van der Waals surface area contributed by atoms with Gasteiger partial charge in [-0.05, 0) is 30.7 Å². The molecule has 2 heterocycles. The first kappa shape index (κ1) is 12.2. The van der Waals surface area contributed by atoms with E-state index >= 15 is 0 Å². The van der Waals surface area contributed by atoms with Gasteiger partial charge in [-0.2, -0.15) is 4.98 Å². The van der Waals surface area contributed by atoms with Crippen molar-refractivity contribution in [1.82, 2.24) is 10.1 Å². The lowest BCUT2D eigenvalue weighted by Crippen LogP contribution is -1.80. The number of hydrogen-bond donors (Lipinski definition) is 1. The zero-order chi connectivity index (χ0) is 13.4. The summed E-state index contributed by atoms with van der Waals surface area (Å²) in [5.41, 5.74) is 7.62. The molecule has 0 atom stereocenters. The fourth-order valence-corrected chi connectivity index (χ4v) is 2.83.